The zero-order chi connectivity index (χ0) is 13.1. The number of nitrogens with one attached hydrogen (secondary N) is 1. The van der Waals surface area contributed by atoms with Gasteiger partial charge in [0.15, 0.2) is 0 Å². The number of anilines is 1. The molecule has 6 nitrogen and oxygen atoms in total. The molecule has 0 fully saturated rings. The fraction of sp³-hybridized carbons (Fsp3) is 0.333. The van der Waals surface area contributed by atoms with E-state index in [9.17, 15) is 12.8 Å². The van der Waals surface area contributed by atoms with Crippen molar-refractivity contribution in [3.63, 3.8) is 0 Å². The van der Waals surface area contributed by atoms with Gasteiger partial charge in [-0.2, -0.15) is 0 Å². The molecule has 1 aromatic rings. The van der Waals surface area contributed by atoms with Crippen LogP contribution in [0.4, 0.5) is 10.1 Å². The van der Waals surface area contributed by atoms with E-state index in [4.69, 9.17) is 15.9 Å². The molecule has 0 aliphatic carbocycles. The van der Waals surface area contributed by atoms with Crippen LogP contribution in [0.1, 0.15) is 0 Å². The first-order valence-electron chi connectivity index (χ1n) is 4.69. The highest BCUT2D eigenvalue weighted by atomic mass is 32.2. The summed E-state index contributed by atoms with van der Waals surface area (Å²) in [5, 5.41) is 17.5. The highest BCUT2D eigenvalue weighted by Crippen LogP contribution is 2.17. The first kappa shape index (κ1) is 13.8. The molecule has 0 amide bonds. The smallest absolute Gasteiger partial charge is 0.243 e. The summed E-state index contributed by atoms with van der Waals surface area (Å²) in [5.41, 5.74) is 5.46. The lowest BCUT2D eigenvalue weighted by Crippen LogP contribution is -2.40. The summed E-state index contributed by atoms with van der Waals surface area (Å²) in [4.78, 5) is -0.621. The van der Waals surface area contributed by atoms with Crippen LogP contribution in [-0.4, -0.2) is 37.9 Å². The van der Waals surface area contributed by atoms with Crippen LogP contribution in [0.3, 0.4) is 0 Å². The minimum absolute atomic E-state index is 0.0938. The fourth-order valence-corrected chi connectivity index (χ4v) is 2.47. The van der Waals surface area contributed by atoms with E-state index >= 15 is 0 Å². The molecular formula is C9H13FN2O4S. The summed E-state index contributed by atoms with van der Waals surface area (Å²) in [6, 6.07) is 2.03. The average molecular weight is 264 g/mol. The van der Waals surface area contributed by atoms with Gasteiger partial charge in [-0.15, -0.1) is 0 Å². The third kappa shape index (κ3) is 3.37. The predicted octanol–water partition coefficient (Wildman–Crippen LogP) is -0.961. The number of nitrogen functional groups attached to an aromatic ring is 1. The monoisotopic (exact) mass is 264 g/mol. The highest BCUT2D eigenvalue weighted by molar-refractivity contribution is 7.89. The van der Waals surface area contributed by atoms with Gasteiger partial charge >= 0.3 is 0 Å². The number of halogens is 1. The second kappa shape index (κ2) is 5.41. The van der Waals surface area contributed by atoms with E-state index in [1.165, 1.54) is 6.07 Å². The Bertz CT molecular complexity index is 488. The number of rotatable bonds is 5. The third-order valence-corrected chi connectivity index (χ3v) is 3.54. The second-order valence-corrected chi connectivity index (χ2v) is 5.06. The topological polar surface area (TPSA) is 113 Å². The standard InChI is InChI=1S/C9H13FN2O4S/c10-8-2-1-6(11)3-9(8)17(15,16)12-7(4-13)5-14/h1-3,7,12-14H,4-5,11H2. The average Bonchev–Trinajstić information content (AvgIpc) is 2.29. The van der Waals surface area contributed by atoms with Crippen molar-refractivity contribution in [3.8, 4) is 0 Å². The molecule has 0 unspecified atom stereocenters. The summed E-state index contributed by atoms with van der Waals surface area (Å²) in [7, 11) is -4.16. The fourth-order valence-electron chi connectivity index (χ4n) is 1.14. The molecule has 8 heteroatoms. The van der Waals surface area contributed by atoms with E-state index in [1.54, 1.807) is 0 Å². The van der Waals surface area contributed by atoms with E-state index < -0.39 is 40.0 Å². The van der Waals surface area contributed by atoms with Gasteiger partial charge in [0.2, 0.25) is 10.0 Å². The molecule has 0 spiro atoms. The lowest BCUT2D eigenvalue weighted by molar-refractivity contribution is 0.185. The molecule has 0 bridgehead atoms. The number of hydrogen-bond acceptors (Lipinski definition) is 5. The Balaban J connectivity index is 3.09. The molecular weight excluding hydrogens is 251 g/mol. The molecule has 5 N–H and O–H groups in total. The zero-order valence-electron chi connectivity index (χ0n) is 8.80. The number of nitrogens with two attached hydrogens (primary N) is 1. The Hall–Kier alpha value is -1.22. The highest BCUT2D eigenvalue weighted by Gasteiger charge is 2.22. The van der Waals surface area contributed by atoms with Crippen LogP contribution in [0.5, 0.6) is 0 Å². The summed E-state index contributed by atoms with van der Waals surface area (Å²) >= 11 is 0. The van der Waals surface area contributed by atoms with Gasteiger partial charge in [0.05, 0.1) is 19.3 Å². The number of benzene rings is 1. The van der Waals surface area contributed by atoms with Gasteiger partial charge < -0.3 is 15.9 Å². The molecule has 96 valence electrons. The van der Waals surface area contributed by atoms with Crippen LogP contribution in [0.15, 0.2) is 23.1 Å². The van der Waals surface area contributed by atoms with Crippen LogP contribution in [-0.2, 0) is 10.0 Å². The van der Waals surface area contributed by atoms with E-state index in [0.717, 1.165) is 12.1 Å². The van der Waals surface area contributed by atoms with Crippen LogP contribution in [0.25, 0.3) is 0 Å². The molecule has 1 rings (SSSR count). The first-order valence-corrected chi connectivity index (χ1v) is 6.18. The molecule has 1 aromatic carbocycles. The summed E-state index contributed by atoms with van der Waals surface area (Å²) in [5.74, 6) is -0.957. The predicted molar refractivity (Wildman–Crippen MR) is 59.1 cm³/mol. The van der Waals surface area contributed by atoms with Gasteiger partial charge in [0.1, 0.15) is 10.7 Å². The Labute approximate surface area is 97.9 Å². The molecule has 0 aromatic heterocycles. The maximum atomic E-state index is 13.3. The van der Waals surface area contributed by atoms with Gasteiger partial charge in [-0.05, 0) is 18.2 Å². The first-order chi connectivity index (χ1) is 7.90. The van der Waals surface area contributed by atoms with Crippen molar-refractivity contribution in [1.82, 2.24) is 4.72 Å². The van der Waals surface area contributed by atoms with E-state index in [1.807, 2.05) is 4.72 Å². The van der Waals surface area contributed by atoms with Crippen molar-refractivity contribution in [2.24, 2.45) is 0 Å². The number of aliphatic hydroxyl groups excluding tert-OH is 2. The van der Waals surface area contributed by atoms with Crippen molar-refractivity contribution in [2.75, 3.05) is 18.9 Å². The van der Waals surface area contributed by atoms with Gasteiger partial charge in [0.25, 0.3) is 0 Å². The Morgan fingerprint density at radius 1 is 1.35 bits per heavy atom. The maximum absolute atomic E-state index is 13.3. The number of aliphatic hydroxyl groups is 2. The molecule has 0 heterocycles. The van der Waals surface area contributed by atoms with Crippen molar-refractivity contribution < 1.29 is 23.0 Å². The minimum Gasteiger partial charge on any atom is -0.399 e. The van der Waals surface area contributed by atoms with Gasteiger partial charge in [0, 0.05) is 5.69 Å². The Morgan fingerprint density at radius 2 is 1.94 bits per heavy atom. The van der Waals surface area contributed by atoms with Crippen LogP contribution < -0.4 is 10.5 Å². The van der Waals surface area contributed by atoms with E-state index in [0.29, 0.717) is 0 Å². The van der Waals surface area contributed by atoms with Crippen molar-refractivity contribution in [1.29, 1.82) is 0 Å². The largest absolute Gasteiger partial charge is 0.399 e. The maximum Gasteiger partial charge on any atom is 0.243 e. The molecule has 0 aliphatic rings. The Morgan fingerprint density at radius 3 is 2.47 bits per heavy atom. The second-order valence-electron chi connectivity index (χ2n) is 3.37. The van der Waals surface area contributed by atoms with Crippen LogP contribution in [0.2, 0.25) is 0 Å². The molecule has 17 heavy (non-hydrogen) atoms. The molecule has 0 radical (unpaired) electrons. The zero-order valence-corrected chi connectivity index (χ0v) is 9.61. The van der Waals surface area contributed by atoms with Gasteiger partial charge in [-0.1, -0.05) is 0 Å². The summed E-state index contributed by atoms with van der Waals surface area (Å²) in [6.45, 7) is -1.20. The molecule has 0 aliphatic heterocycles. The molecule has 0 saturated carbocycles. The van der Waals surface area contributed by atoms with Crippen molar-refractivity contribution >= 4 is 15.7 Å². The lowest BCUT2D eigenvalue weighted by Gasteiger charge is -2.14. The molecule has 0 saturated heterocycles. The van der Waals surface area contributed by atoms with Crippen LogP contribution in [0, 0.1) is 5.82 Å². The minimum atomic E-state index is -4.16. The number of sulfonamides is 1. The van der Waals surface area contributed by atoms with Gasteiger partial charge in [-0.25, -0.2) is 17.5 Å². The van der Waals surface area contributed by atoms with Crippen molar-refractivity contribution in [3.05, 3.63) is 24.0 Å². The van der Waals surface area contributed by atoms with Gasteiger partial charge in [-0.3, -0.25) is 0 Å². The summed E-state index contributed by atoms with van der Waals surface area (Å²) in [6.07, 6.45) is 0. The van der Waals surface area contributed by atoms with Crippen molar-refractivity contribution in [2.45, 2.75) is 10.9 Å². The normalized spacial score (nSPS) is 12.0. The Kier molecular flexibility index (Phi) is 4.40. The SMILES string of the molecule is Nc1ccc(F)c(S(=O)(=O)NC(CO)CO)c1. The third-order valence-electron chi connectivity index (χ3n) is 2.01. The van der Waals surface area contributed by atoms with E-state index in [2.05, 4.69) is 0 Å². The number of hydrogen-bond donors (Lipinski definition) is 4. The quantitative estimate of drug-likeness (QED) is 0.512. The lowest BCUT2D eigenvalue weighted by atomic mass is 10.3. The van der Waals surface area contributed by atoms with E-state index in [-0.39, 0.29) is 5.69 Å². The van der Waals surface area contributed by atoms with Crippen LogP contribution >= 0.6 is 0 Å². The summed E-state index contributed by atoms with van der Waals surface area (Å²) < 4.78 is 38.7. The molecule has 0 atom stereocenters.